The molecule has 0 saturated heterocycles. The van der Waals surface area contributed by atoms with Crippen molar-refractivity contribution in [3.63, 3.8) is 0 Å². The van der Waals surface area contributed by atoms with E-state index < -0.39 is 0 Å². The number of hydrogen-bond acceptors (Lipinski definition) is 2. The Morgan fingerprint density at radius 2 is 1.14 bits per heavy atom. The maximum atomic E-state index is 11.8. The minimum atomic E-state index is 0.0305. The van der Waals surface area contributed by atoms with Gasteiger partial charge in [0.05, 0.1) is 0 Å². The van der Waals surface area contributed by atoms with Crippen molar-refractivity contribution in [2.75, 3.05) is 10.6 Å². The summed E-state index contributed by atoms with van der Waals surface area (Å²) in [6, 6.07) is 7.25. The first-order valence-corrected chi connectivity index (χ1v) is 8.14. The monoisotopic (exact) mass is 304 g/mol. The molecule has 22 heavy (non-hydrogen) atoms. The van der Waals surface area contributed by atoms with E-state index in [2.05, 4.69) is 38.3 Å². The fourth-order valence-corrected chi connectivity index (χ4v) is 1.98. The second-order valence-electron chi connectivity index (χ2n) is 6.11. The van der Waals surface area contributed by atoms with Gasteiger partial charge in [0.1, 0.15) is 0 Å². The summed E-state index contributed by atoms with van der Waals surface area (Å²) >= 11 is 0. The molecule has 2 unspecified atom stereocenters. The first kappa shape index (κ1) is 18.2. The van der Waals surface area contributed by atoms with Gasteiger partial charge in [0.15, 0.2) is 0 Å². The van der Waals surface area contributed by atoms with E-state index in [9.17, 15) is 9.59 Å². The zero-order chi connectivity index (χ0) is 16.5. The number of benzene rings is 1. The SMILES string of the molecule is CCC(C)CC(=O)Nc1ccc(NC(=O)CC(C)CC)cc1. The van der Waals surface area contributed by atoms with Gasteiger partial charge < -0.3 is 10.6 Å². The van der Waals surface area contributed by atoms with E-state index in [1.807, 2.05) is 24.3 Å². The minimum Gasteiger partial charge on any atom is -0.326 e. The van der Waals surface area contributed by atoms with Crippen molar-refractivity contribution in [2.45, 2.75) is 53.4 Å². The van der Waals surface area contributed by atoms with Crippen LogP contribution in [0.4, 0.5) is 11.4 Å². The summed E-state index contributed by atoms with van der Waals surface area (Å²) in [5.74, 6) is 0.837. The van der Waals surface area contributed by atoms with Crippen LogP contribution < -0.4 is 10.6 Å². The third kappa shape index (κ3) is 6.74. The predicted octanol–water partition coefficient (Wildman–Crippen LogP) is 4.44. The molecule has 1 aromatic rings. The fourth-order valence-electron chi connectivity index (χ4n) is 1.98. The fraction of sp³-hybridized carbons (Fsp3) is 0.556. The highest BCUT2D eigenvalue weighted by atomic mass is 16.2. The van der Waals surface area contributed by atoms with Crippen LogP contribution in [0.2, 0.25) is 0 Å². The van der Waals surface area contributed by atoms with E-state index in [0.717, 1.165) is 24.2 Å². The summed E-state index contributed by atoms with van der Waals surface area (Å²) in [4.78, 5) is 23.6. The van der Waals surface area contributed by atoms with Crippen molar-refractivity contribution >= 4 is 23.2 Å². The van der Waals surface area contributed by atoms with Gasteiger partial charge in [-0.05, 0) is 36.1 Å². The average molecular weight is 304 g/mol. The Morgan fingerprint density at radius 1 is 0.818 bits per heavy atom. The molecule has 1 aromatic carbocycles. The molecule has 2 atom stereocenters. The summed E-state index contributed by atoms with van der Waals surface area (Å²) in [5.41, 5.74) is 1.52. The van der Waals surface area contributed by atoms with Crippen LogP contribution in [-0.2, 0) is 9.59 Å². The lowest BCUT2D eigenvalue weighted by atomic mass is 10.0. The van der Waals surface area contributed by atoms with Gasteiger partial charge in [-0.3, -0.25) is 9.59 Å². The van der Waals surface area contributed by atoms with Crippen molar-refractivity contribution in [1.29, 1.82) is 0 Å². The topological polar surface area (TPSA) is 58.2 Å². The Bertz CT molecular complexity index is 437. The lowest BCUT2D eigenvalue weighted by molar-refractivity contribution is -0.117. The average Bonchev–Trinajstić information content (AvgIpc) is 2.48. The molecule has 2 amide bonds. The number of anilines is 2. The number of amides is 2. The quantitative estimate of drug-likeness (QED) is 0.746. The molecule has 0 radical (unpaired) electrons. The zero-order valence-corrected chi connectivity index (χ0v) is 14.1. The Kier molecular flexibility index (Phi) is 7.64. The van der Waals surface area contributed by atoms with E-state index in [4.69, 9.17) is 0 Å². The minimum absolute atomic E-state index is 0.0305. The van der Waals surface area contributed by atoms with Gasteiger partial charge in [-0.1, -0.05) is 40.5 Å². The number of carbonyl (C=O) groups excluding carboxylic acids is 2. The predicted molar refractivity (Wildman–Crippen MR) is 91.8 cm³/mol. The van der Waals surface area contributed by atoms with Crippen LogP contribution in [0.25, 0.3) is 0 Å². The Balaban J connectivity index is 2.49. The highest BCUT2D eigenvalue weighted by molar-refractivity contribution is 5.93. The van der Waals surface area contributed by atoms with E-state index >= 15 is 0 Å². The Morgan fingerprint density at radius 3 is 1.41 bits per heavy atom. The number of rotatable bonds is 8. The van der Waals surface area contributed by atoms with Crippen molar-refractivity contribution in [2.24, 2.45) is 11.8 Å². The molecule has 0 spiro atoms. The molecule has 0 bridgehead atoms. The molecule has 0 aliphatic heterocycles. The summed E-state index contributed by atoms with van der Waals surface area (Å²) in [5, 5.41) is 5.75. The molecule has 1 rings (SSSR count). The lowest BCUT2D eigenvalue weighted by Crippen LogP contribution is -2.16. The van der Waals surface area contributed by atoms with Crippen LogP contribution in [0, 0.1) is 11.8 Å². The molecule has 122 valence electrons. The van der Waals surface area contributed by atoms with E-state index in [1.165, 1.54) is 0 Å². The van der Waals surface area contributed by atoms with E-state index in [1.54, 1.807) is 0 Å². The number of hydrogen-bond donors (Lipinski definition) is 2. The van der Waals surface area contributed by atoms with Gasteiger partial charge in [0, 0.05) is 24.2 Å². The second-order valence-corrected chi connectivity index (χ2v) is 6.11. The molecule has 0 saturated carbocycles. The molecule has 0 aromatic heterocycles. The lowest BCUT2D eigenvalue weighted by Gasteiger charge is -2.11. The Hall–Kier alpha value is -1.84. The van der Waals surface area contributed by atoms with Crippen LogP contribution in [0.3, 0.4) is 0 Å². The maximum Gasteiger partial charge on any atom is 0.224 e. The number of nitrogens with one attached hydrogen (secondary N) is 2. The van der Waals surface area contributed by atoms with Gasteiger partial charge in [0.25, 0.3) is 0 Å². The van der Waals surface area contributed by atoms with Crippen LogP contribution in [0.1, 0.15) is 53.4 Å². The van der Waals surface area contributed by atoms with Crippen molar-refractivity contribution in [3.05, 3.63) is 24.3 Å². The summed E-state index contributed by atoms with van der Waals surface area (Å²) in [6.07, 6.45) is 3.05. The smallest absolute Gasteiger partial charge is 0.224 e. The molecule has 4 heteroatoms. The molecule has 0 aliphatic rings. The molecule has 0 heterocycles. The molecule has 2 N–H and O–H groups in total. The normalized spacial score (nSPS) is 13.3. The number of carbonyl (C=O) groups is 2. The van der Waals surface area contributed by atoms with Crippen LogP contribution in [0.15, 0.2) is 24.3 Å². The molecule has 0 fully saturated rings. The first-order valence-electron chi connectivity index (χ1n) is 8.14. The van der Waals surface area contributed by atoms with Gasteiger partial charge in [-0.25, -0.2) is 0 Å². The summed E-state index contributed by atoms with van der Waals surface area (Å²) in [7, 11) is 0. The zero-order valence-electron chi connectivity index (χ0n) is 14.1. The van der Waals surface area contributed by atoms with Gasteiger partial charge in [-0.2, -0.15) is 0 Å². The molecule has 0 aliphatic carbocycles. The van der Waals surface area contributed by atoms with Crippen molar-refractivity contribution in [1.82, 2.24) is 0 Å². The molecular formula is C18H28N2O2. The Labute approximate surface area is 133 Å². The van der Waals surface area contributed by atoms with Gasteiger partial charge >= 0.3 is 0 Å². The third-order valence-corrected chi connectivity index (χ3v) is 3.91. The highest BCUT2D eigenvalue weighted by Crippen LogP contribution is 2.16. The van der Waals surface area contributed by atoms with Crippen LogP contribution in [-0.4, -0.2) is 11.8 Å². The largest absolute Gasteiger partial charge is 0.326 e. The summed E-state index contributed by atoms with van der Waals surface area (Å²) in [6.45, 7) is 8.29. The van der Waals surface area contributed by atoms with Gasteiger partial charge in [0.2, 0.25) is 11.8 Å². The van der Waals surface area contributed by atoms with Crippen LogP contribution >= 0.6 is 0 Å². The van der Waals surface area contributed by atoms with E-state index in [-0.39, 0.29) is 11.8 Å². The first-order chi connectivity index (χ1) is 10.4. The third-order valence-electron chi connectivity index (χ3n) is 3.91. The summed E-state index contributed by atoms with van der Waals surface area (Å²) < 4.78 is 0. The van der Waals surface area contributed by atoms with Crippen molar-refractivity contribution in [3.8, 4) is 0 Å². The van der Waals surface area contributed by atoms with Gasteiger partial charge in [-0.15, -0.1) is 0 Å². The van der Waals surface area contributed by atoms with Crippen molar-refractivity contribution < 1.29 is 9.59 Å². The van der Waals surface area contributed by atoms with Crippen LogP contribution in [0.5, 0.6) is 0 Å². The molecule has 4 nitrogen and oxygen atoms in total. The second kappa shape index (κ2) is 9.23. The molecular weight excluding hydrogens is 276 g/mol. The van der Waals surface area contributed by atoms with E-state index in [0.29, 0.717) is 24.7 Å². The standard InChI is InChI=1S/C18H28N2O2/c1-5-13(3)11-17(21)19-15-7-9-16(10-8-15)20-18(22)12-14(4)6-2/h7-10,13-14H,5-6,11-12H2,1-4H3,(H,19,21)(H,20,22). The highest BCUT2D eigenvalue weighted by Gasteiger charge is 2.09. The maximum absolute atomic E-state index is 11.8.